The highest BCUT2D eigenvalue weighted by Crippen LogP contribution is 2.15. The van der Waals surface area contributed by atoms with E-state index in [0.29, 0.717) is 25.3 Å². The SMILES string of the molecule is CS(=O)(=O)c1ccc(OCCn2ncc3c(c2=O)CCNC3)cc1. The Hall–Kier alpha value is -2.19. The van der Waals surface area contributed by atoms with Gasteiger partial charge in [-0.2, -0.15) is 5.10 Å². The molecule has 8 heteroatoms. The topological polar surface area (TPSA) is 90.3 Å². The lowest BCUT2D eigenvalue weighted by Gasteiger charge is -2.17. The fourth-order valence-corrected chi connectivity index (χ4v) is 3.24. The maximum absolute atomic E-state index is 12.4. The molecule has 1 aliphatic heterocycles. The molecule has 0 spiro atoms. The first-order chi connectivity index (χ1) is 11.4. The number of fused-ring (bicyclic) bond motifs is 1. The summed E-state index contributed by atoms with van der Waals surface area (Å²) in [6.45, 7) is 2.10. The van der Waals surface area contributed by atoms with E-state index in [1.165, 1.54) is 16.8 Å². The van der Waals surface area contributed by atoms with E-state index in [1.54, 1.807) is 18.3 Å². The number of benzene rings is 1. The van der Waals surface area contributed by atoms with Crippen LogP contribution in [-0.4, -0.2) is 37.6 Å². The monoisotopic (exact) mass is 349 g/mol. The summed E-state index contributed by atoms with van der Waals surface area (Å²) in [6, 6.07) is 6.21. The molecule has 2 aromatic rings. The zero-order valence-corrected chi connectivity index (χ0v) is 14.2. The second-order valence-corrected chi connectivity index (χ2v) is 7.71. The molecule has 2 heterocycles. The third-order valence-electron chi connectivity index (χ3n) is 3.92. The minimum Gasteiger partial charge on any atom is -0.492 e. The summed E-state index contributed by atoms with van der Waals surface area (Å²) in [6.07, 6.45) is 3.60. The Morgan fingerprint density at radius 2 is 2.04 bits per heavy atom. The third-order valence-corrected chi connectivity index (χ3v) is 5.05. The van der Waals surface area contributed by atoms with Gasteiger partial charge in [-0.25, -0.2) is 13.1 Å². The predicted molar refractivity (Wildman–Crippen MR) is 89.0 cm³/mol. The summed E-state index contributed by atoms with van der Waals surface area (Å²) in [5.41, 5.74) is 1.71. The first kappa shape index (κ1) is 16.7. The van der Waals surface area contributed by atoms with Gasteiger partial charge in [-0.3, -0.25) is 4.79 Å². The van der Waals surface area contributed by atoms with E-state index in [9.17, 15) is 13.2 Å². The van der Waals surface area contributed by atoms with Crippen LogP contribution in [-0.2, 0) is 29.3 Å². The van der Waals surface area contributed by atoms with Crippen molar-refractivity contribution >= 4 is 9.84 Å². The van der Waals surface area contributed by atoms with Crippen molar-refractivity contribution in [3.63, 3.8) is 0 Å². The smallest absolute Gasteiger partial charge is 0.270 e. The highest BCUT2D eigenvalue weighted by atomic mass is 32.2. The Bertz CT molecular complexity index is 889. The molecule has 128 valence electrons. The molecule has 0 aliphatic carbocycles. The van der Waals surface area contributed by atoms with Crippen LogP contribution >= 0.6 is 0 Å². The van der Waals surface area contributed by atoms with Crippen LogP contribution in [0.3, 0.4) is 0 Å². The standard InChI is InChI=1S/C16H19N3O4S/c1-24(21,22)14-4-2-13(3-5-14)23-9-8-19-16(20)15-6-7-17-10-12(15)11-18-19/h2-5,11,17H,6-10H2,1H3. The minimum absolute atomic E-state index is 0.0648. The van der Waals surface area contributed by atoms with Crippen LogP contribution in [0.1, 0.15) is 11.1 Å². The molecule has 24 heavy (non-hydrogen) atoms. The number of rotatable bonds is 5. The van der Waals surface area contributed by atoms with Crippen molar-refractivity contribution in [2.75, 3.05) is 19.4 Å². The van der Waals surface area contributed by atoms with Crippen molar-refractivity contribution < 1.29 is 13.2 Å². The van der Waals surface area contributed by atoms with Crippen LogP contribution in [0.5, 0.6) is 5.75 Å². The Morgan fingerprint density at radius 3 is 2.75 bits per heavy atom. The van der Waals surface area contributed by atoms with Crippen molar-refractivity contribution in [1.82, 2.24) is 15.1 Å². The molecule has 1 aliphatic rings. The minimum atomic E-state index is -3.21. The molecule has 0 fully saturated rings. The molecule has 7 nitrogen and oxygen atoms in total. The molecule has 0 unspecified atom stereocenters. The van der Waals surface area contributed by atoms with Crippen molar-refractivity contribution in [2.45, 2.75) is 24.4 Å². The number of hydrogen-bond acceptors (Lipinski definition) is 6. The highest BCUT2D eigenvalue weighted by Gasteiger charge is 2.14. The average molecular weight is 349 g/mol. The molecular formula is C16H19N3O4S. The van der Waals surface area contributed by atoms with Crippen LogP contribution in [0.4, 0.5) is 0 Å². The van der Waals surface area contributed by atoms with E-state index in [-0.39, 0.29) is 17.1 Å². The van der Waals surface area contributed by atoms with Crippen LogP contribution in [0.2, 0.25) is 0 Å². The van der Waals surface area contributed by atoms with E-state index in [0.717, 1.165) is 23.9 Å². The summed E-state index contributed by atoms with van der Waals surface area (Å²) in [5, 5.41) is 7.39. The zero-order chi connectivity index (χ0) is 17.2. The third kappa shape index (κ3) is 3.65. The lowest BCUT2D eigenvalue weighted by Crippen LogP contribution is -2.35. The summed E-state index contributed by atoms with van der Waals surface area (Å²) in [7, 11) is -3.21. The molecule has 0 amide bonds. The number of aromatic nitrogens is 2. The molecule has 0 saturated heterocycles. The number of ether oxygens (including phenoxy) is 1. The first-order valence-electron chi connectivity index (χ1n) is 7.66. The van der Waals surface area contributed by atoms with Crippen molar-refractivity contribution in [3.8, 4) is 5.75 Å². The Kier molecular flexibility index (Phi) is 4.68. The fraction of sp³-hybridized carbons (Fsp3) is 0.375. The maximum atomic E-state index is 12.4. The Labute approximate surface area is 140 Å². The van der Waals surface area contributed by atoms with E-state index in [4.69, 9.17) is 4.74 Å². The summed E-state index contributed by atoms with van der Waals surface area (Å²) in [5.74, 6) is 0.553. The second-order valence-electron chi connectivity index (χ2n) is 5.70. The van der Waals surface area contributed by atoms with E-state index < -0.39 is 9.84 Å². The van der Waals surface area contributed by atoms with Gasteiger partial charge in [0.2, 0.25) is 0 Å². The molecule has 1 N–H and O–H groups in total. The summed E-state index contributed by atoms with van der Waals surface area (Å²) in [4.78, 5) is 12.6. The fourth-order valence-electron chi connectivity index (χ4n) is 2.61. The molecule has 0 atom stereocenters. The van der Waals surface area contributed by atoms with Crippen LogP contribution in [0, 0.1) is 0 Å². The molecule has 0 radical (unpaired) electrons. The van der Waals surface area contributed by atoms with Gasteiger partial charge in [0, 0.05) is 18.4 Å². The van der Waals surface area contributed by atoms with E-state index >= 15 is 0 Å². The summed E-state index contributed by atoms with van der Waals surface area (Å²) >= 11 is 0. The average Bonchev–Trinajstić information content (AvgIpc) is 2.57. The number of nitrogens with one attached hydrogen (secondary N) is 1. The highest BCUT2D eigenvalue weighted by molar-refractivity contribution is 7.90. The Balaban J connectivity index is 1.64. The molecule has 3 rings (SSSR count). The molecule has 1 aromatic carbocycles. The summed E-state index contributed by atoms with van der Waals surface area (Å²) < 4.78 is 29.8. The van der Waals surface area contributed by atoms with Crippen LogP contribution in [0.25, 0.3) is 0 Å². The maximum Gasteiger partial charge on any atom is 0.270 e. The quantitative estimate of drug-likeness (QED) is 0.839. The Morgan fingerprint density at radius 1 is 1.29 bits per heavy atom. The van der Waals surface area contributed by atoms with Gasteiger partial charge in [0.15, 0.2) is 9.84 Å². The first-order valence-corrected chi connectivity index (χ1v) is 9.56. The van der Waals surface area contributed by atoms with E-state index in [2.05, 4.69) is 10.4 Å². The number of sulfone groups is 1. The number of nitrogens with zero attached hydrogens (tertiary/aromatic N) is 2. The van der Waals surface area contributed by atoms with Crippen LogP contribution < -0.4 is 15.6 Å². The van der Waals surface area contributed by atoms with Crippen molar-refractivity contribution in [1.29, 1.82) is 0 Å². The van der Waals surface area contributed by atoms with Gasteiger partial charge in [0.1, 0.15) is 12.4 Å². The van der Waals surface area contributed by atoms with Gasteiger partial charge < -0.3 is 10.1 Å². The largest absolute Gasteiger partial charge is 0.492 e. The van der Waals surface area contributed by atoms with Gasteiger partial charge in [0.25, 0.3) is 5.56 Å². The second kappa shape index (κ2) is 6.74. The normalized spacial score (nSPS) is 14.2. The lowest BCUT2D eigenvalue weighted by atomic mass is 10.1. The lowest BCUT2D eigenvalue weighted by molar-refractivity contribution is 0.287. The zero-order valence-electron chi connectivity index (χ0n) is 13.4. The van der Waals surface area contributed by atoms with Gasteiger partial charge in [-0.15, -0.1) is 0 Å². The molecule has 0 bridgehead atoms. The van der Waals surface area contributed by atoms with Crippen molar-refractivity contribution in [2.24, 2.45) is 0 Å². The van der Waals surface area contributed by atoms with Gasteiger partial charge in [0.05, 0.1) is 17.6 Å². The molecule has 1 aromatic heterocycles. The van der Waals surface area contributed by atoms with E-state index in [1.807, 2.05) is 0 Å². The van der Waals surface area contributed by atoms with Gasteiger partial charge in [-0.1, -0.05) is 0 Å². The van der Waals surface area contributed by atoms with Crippen molar-refractivity contribution in [3.05, 3.63) is 51.9 Å². The number of hydrogen-bond donors (Lipinski definition) is 1. The van der Waals surface area contributed by atoms with Gasteiger partial charge >= 0.3 is 0 Å². The van der Waals surface area contributed by atoms with Crippen LogP contribution in [0.15, 0.2) is 40.2 Å². The predicted octanol–water partition coefficient (Wildman–Crippen LogP) is 0.372. The molecule has 0 saturated carbocycles. The molecular weight excluding hydrogens is 330 g/mol. The van der Waals surface area contributed by atoms with Gasteiger partial charge in [-0.05, 0) is 42.8 Å².